The Kier molecular flexibility index (Phi) is 6.39. The fourth-order valence-electron chi connectivity index (χ4n) is 3.68. The number of hydrogen-bond acceptors (Lipinski definition) is 6. The quantitative estimate of drug-likeness (QED) is 0.711. The lowest BCUT2D eigenvalue weighted by molar-refractivity contribution is 0.0742. The first-order valence-electron chi connectivity index (χ1n) is 9.97. The first kappa shape index (κ1) is 22.4. The molecule has 162 valence electrons. The van der Waals surface area contributed by atoms with Crippen molar-refractivity contribution in [3.63, 3.8) is 0 Å². The molecule has 3 N–H and O–H groups in total. The minimum absolute atomic E-state index is 0.203. The van der Waals surface area contributed by atoms with Crippen LogP contribution in [0.15, 0.2) is 36.4 Å². The number of ketones is 1. The van der Waals surface area contributed by atoms with E-state index in [0.717, 1.165) is 0 Å². The topological polar surface area (TPSA) is 111 Å². The van der Waals surface area contributed by atoms with Crippen LogP contribution in [0.3, 0.4) is 0 Å². The van der Waals surface area contributed by atoms with Crippen LogP contribution < -0.4 is 10.6 Å². The molecule has 7 nitrogen and oxygen atoms in total. The van der Waals surface area contributed by atoms with E-state index in [0.29, 0.717) is 48.6 Å². The van der Waals surface area contributed by atoms with E-state index in [9.17, 15) is 24.3 Å². The predicted octanol–water partition coefficient (Wildman–Crippen LogP) is 2.03. The zero-order valence-corrected chi connectivity index (χ0v) is 17.6. The molecular formula is C23H25FN4O3. The SMILES string of the molecule is CC(=O)c1ccc(N2CCN(C(=O)c3cc(C#N)ccc3C(C)(N)CO)CC2)c(F)c1. The fraction of sp³-hybridized carbons (Fsp3) is 0.348. The summed E-state index contributed by atoms with van der Waals surface area (Å²) < 4.78 is 14.5. The molecule has 1 amide bonds. The molecule has 0 saturated carbocycles. The summed E-state index contributed by atoms with van der Waals surface area (Å²) in [7, 11) is 0. The lowest BCUT2D eigenvalue weighted by Gasteiger charge is -2.37. The van der Waals surface area contributed by atoms with Gasteiger partial charge in [-0.2, -0.15) is 5.26 Å². The van der Waals surface area contributed by atoms with E-state index in [-0.39, 0.29) is 23.9 Å². The number of amides is 1. The smallest absolute Gasteiger partial charge is 0.254 e. The number of aliphatic hydroxyl groups is 1. The Labute approximate surface area is 180 Å². The van der Waals surface area contributed by atoms with Crippen LogP contribution in [0.25, 0.3) is 0 Å². The molecule has 1 unspecified atom stereocenters. The number of anilines is 1. The highest BCUT2D eigenvalue weighted by Gasteiger charge is 2.30. The zero-order valence-electron chi connectivity index (χ0n) is 17.6. The lowest BCUT2D eigenvalue weighted by Crippen LogP contribution is -2.50. The van der Waals surface area contributed by atoms with E-state index in [1.54, 1.807) is 36.1 Å². The second kappa shape index (κ2) is 8.84. The van der Waals surface area contributed by atoms with Crippen LogP contribution in [-0.4, -0.2) is 54.5 Å². The number of carbonyl (C=O) groups is 2. The zero-order chi connectivity index (χ0) is 22.8. The van der Waals surface area contributed by atoms with Crippen LogP contribution in [0.4, 0.5) is 10.1 Å². The van der Waals surface area contributed by atoms with Crippen LogP contribution in [0, 0.1) is 17.1 Å². The highest BCUT2D eigenvalue weighted by Crippen LogP contribution is 2.26. The number of carbonyl (C=O) groups excluding carboxylic acids is 2. The van der Waals surface area contributed by atoms with Crippen LogP contribution in [-0.2, 0) is 5.54 Å². The van der Waals surface area contributed by atoms with Gasteiger partial charge in [0.2, 0.25) is 0 Å². The van der Waals surface area contributed by atoms with Gasteiger partial charge in [-0.3, -0.25) is 9.59 Å². The van der Waals surface area contributed by atoms with E-state index in [2.05, 4.69) is 0 Å². The number of piperazine rings is 1. The summed E-state index contributed by atoms with van der Waals surface area (Å²) in [4.78, 5) is 28.1. The Morgan fingerprint density at radius 2 is 1.87 bits per heavy atom. The maximum absolute atomic E-state index is 14.5. The van der Waals surface area contributed by atoms with Crippen LogP contribution in [0.2, 0.25) is 0 Å². The molecule has 2 aromatic rings. The van der Waals surface area contributed by atoms with Crippen molar-refractivity contribution in [2.75, 3.05) is 37.7 Å². The van der Waals surface area contributed by atoms with Crippen molar-refractivity contribution < 1.29 is 19.1 Å². The fourth-order valence-corrected chi connectivity index (χ4v) is 3.68. The number of benzene rings is 2. The maximum Gasteiger partial charge on any atom is 0.254 e. The van der Waals surface area contributed by atoms with Gasteiger partial charge in [0.15, 0.2) is 5.78 Å². The molecule has 0 bridgehead atoms. The predicted molar refractivity (Wildman–Crippen MR) is 114 cm³/mol. The van der Waals surface area contributed by atoms with Gasteiger partial charge in [-0.1, -0.05) is 6.07 Å². The standard InChI is InChI=1S/C23H25FN4O3/c1-15(30)17-4-6-21(20(24)12-17)27-7-9-28(10-8-27)22(31)18-11-16(13-25)3-5-19(18)23(2,26)14-29/h3-6,11-12,29H,7-10,14,26H2,1-2H3. The molecule has 31 heavy (non-hydrogen) atoms. The van der Waals surface area contributed by atoms with Crippen molar-refractivity contribution in [1.82, 2.24) is 4.90 Å². The number of hydrogen-bond donors (Lipinski definition) is 2. The normalized spacial score (nSPS) is 15.9. The average molecular weight is 424 g/mol. The first-order valence-corrected chi connectivity index (χ1v) is 9.97. The molecule has 0 radical (unpaired) electrons. The molecule has 1 aliphatic heterocycles. The third-order valence-electron chi connectivity index (χ3n) is 5.58. The molecule has 1 saturated heterocycles. The summed E-state index contributed by atoms with van der Waals surface area (Å²) in [5, 5.41) is 18.9. The molecule has 3 rings (SSSR count). The van der Waals surface area contributed by atoms with Gasteiger partial charge in [-0.15, -0.1) is 0 Å². The van der Waals surface area contributed by atoms with Gasteiger partial charge >= 0.3 is 0 Å². The van der Waals surface area contributed by atoms with E-state index in [4.69, 9.17) is 5.73 Å². The van der Waals surface area contributed by atoms with E-state index in [1.165, 1.54) is 19.1 Å². The van der Waals surface area contributed by atoms with Gasteiger partial charge in [0.1, 0.15) is 5.82 Å². The minimum atomic E-state index is -1.14. The summed E-state index contributed by atoms with van der Waals surface area (Å²) in [5.74, 6) is -0.964. The Balaban J connectivity index is 1.80. The Morgan fingerprint density at radius 3 is 2.42 bits per heavy atom. The van der Waals surface area contributed by atoms with E-state index >= 15 is 0 Å². The Hall–Kier alpha value is -3.28. The lowest BCUT2D eigenvalue weighted by atomic mass is 9.88. The monoisotopic (exact) mass is 424 g/mol. The van der Waals surface area contributed by atoms with Crippen LogP contribution >= 0.6 is 0 Å². The molecule has 0 spiro atoms. The van der Waals surface area contributed by atoms with Crippen molar-refractivity contribution in [3.05, 3.63) is 64.5 Å². The molecular weight excluding hydrogens is 399 g/mol. The molecule has 0 aromatic heterocycles. The van der Waals surface area contributed by atoms with E-state index in [1.807, 2.05) is 11.0 Å². The molecule has 1 atom stereocenters. The molecule has 0 aliphatic carbocycles. The third kappa shape index (κ3) is 4.58. The molecule has 1 fully saturated rings. The summed E-state index contributed by atoms with van der Waals surface area (Å²) >= 11 is 0. The third-order valence-corrected chi connectivity index (χ3v) is 5.58. The van der Waals surface area contributed by atoms with Crippen molar-refractivity contribution >= 4 is 17.4 Å². The average Bonchev–Trinajstić information content (AvgIpc) is 2.78. The number of rotatable bonds is 5. The number of halogens is 1. The van der Waals surface area contributed by atoms with Gasteiger partial charge in [0, 0.05) is 37.3 Å². The van der Waals surface area contributed by atoms with Gasteiger partial charge < -0.3 is 20.6 Å². The number of nitrogens with two attached hydrogens (primary N) is 1. The Morgan fingerprint density at radius 1 is 1.19 bits per heavy atom. The van der Waals surface area contributed by atoms with E-state index < -0.39 is 11.4 Å². The van der Waals surface area contributed by atoms with Crippen molar-refractivity contribution in [1.29, 1.82) is 5.26 Å². The highest BCUT2D eigenvalue weighted by atomic mass is 19.1. The second-order valence-electron chi connectivity index (χ2n) is 7.95. The van der Waals surface area contributed by atoms with Gasteiger partial charge in [0.25, 0.3) is 5.91 Å². The summed E-state index contributed by atoms with van der Waals surface area (Å²) in [6, 6.07) is 11.1. The second-order valence-corrected chi connectivity index (χ2v) is 7.95. The highest BCUT2D eigenvalue weighted by molar-refractivity contribution is 5.97. The summed E-state index contributed by atoms with van der Waals surface area (Å²) in [6.07, 6.45) is 0. The number of nitrogens with zero attached hydrogens (tertiary/aromatic N) is 3. The summed E-state index contributed by atoms with van der Waals surface area (Å²) in [6.45, 7) is 4.17. The van der Waals surface area contributed by atoms with Crippen molar-refractivity contribution in [2.45, 2.75) is 19.4 Å². The number of nitriles is 1. The van der Waals surface area contributed by atoms with Gasteiger partial charge in [-0.25, -0.2) is 4.39 Å². The van der Waals surface area contributed by atoms with Crippen molar-refractivity contribution in [3.8, 4) is 6.07 Å². The molecule has 1 aliphatic rings. The van der Waals surface area contributed by atoms with Crippen LogP contribution in [0.5, 0.6) is 0 Å². The number of Topliss-reactive ketones (excluding diaryl/α,β-unsaturated/α-hetero) is 1. The summed E-state index contributed by atoms with van der Waals surface area (Å²) in [5.41, 5.74) is 6.80. The van der Waals surface area contributed by atoms with Crippen molar-refractivity contribution in [2.24, 2.45) is 5.73 Å². The largest absolute Gasteiger partial charge is 0.394 e. The van der Waals surface area contributed by atoms with Gasteiger partial charge in [0.05, 0.1) is 29.5 Å². The molecule has 2 aromatic carbocycles. The maximum atomic E-state index is 14.5. The minimum Gasteiger partial charge on any atom is -0.394 e. The first-order chi connectivity index (χ1) is 14.7. The van der Waals surface area contributed by atoms with Crippen LogP contribution in [0.1, 0.15) is 45.7 Å². The number of aliphatic hydroxyl groups excluding tert-OH is 1. The Bertz CT molecular complexity index is 1050. The van der Waals surface area contributed by atoms with Gasteiger partial charge in [-0.05, 0) is 49.7 Å². The molecule has 1 heterocycles. The molecule has 8 heteroatoms.